The smallest absolute Gasteiger partial charge is 0.311 e. The Morgan fingerprint density at radius 2 is 1.88 bits per heavy atom. The third kappa shape index (κ3) is 2.90. The second-order valence-electron chi connectivity index (χ2n) is 4.88. The number of esters is 1. The maximum atomic E-state index is 11.2. The van der Waals surface area contributed by atoms with Crippen molar-refractivity contribution in [1.29, 1.82) is 0 Å². The quantitative estimate of drug-likeness (QED) is 0.614. The maximum Gasteiger partial charge on any atom is 0.311 e. The van der Waals surface area contributed by atoms with Gasteiger partial charge >= 0.3 is 5.97 Å². The molecule has 94 valence electrons. The van der Waals surface area contributed by atoms with E-state index in [-0.39, 0.29) is 23.7 Å². The highest BCUT2D eigenvalue weighted by atomic mass is 16.5. The van der Waals surface area contributed by atoms with Crippen LogP contribution in [0.3, 0.4) is 0 Å². The van der Waals surface area contributed by atoms with E-state index >= 15 is 0 Å². The van der Waals surface area contributed by atoms with Crippen LogP contribution in [0, 0.1) is 0 Å². The summed E-state index contributed by atoms with van der Waals surface area (Å²) in [7, 11) is 0. The van der Waals surface area contributed by atoms with Crippen molar-refractivity contribution in [3.05, 3.63) is 17.7 Å². The van der Waals surface area contributed by atoms with Crippen molar-refractivity contribution in [3.8, 4) is 17.2 Å². The zero-order valence-electron chi connectivity index (χ0n) is 10.6. The number of rotatable bonds is 2. The molecule has 0 unspecified atom stereocenters. The summed E-state index contributed by atoms with van der Waals surface area (Å²) >= 11 is 0. The monoisotopic (exact) mass is 238 g/mol. The number of phenolic OH excluding ortho intramolecular Hbond substituents is 2. The van der Waals surface area contributed by atoms with Crippen LogP contribution in [0.5, 0.6) is 17.2 Å². The van der Waals surface area contributed by atoms with Gasteiger partial charge in [-0.2, -0.15) is 0 Å². The van der Waals surface area contributed by atoms with E-state index in [9.17, 15) is 15.0 Å². The van der Waals surface area contributed by atoms with Crippen molar-refractivity contribution in [2.45, 2.75) is 39.5 Å². The van der Waals surface area contributed by atoms with Crippen LogP contribution in [-0.2, 0) is 10.2 Å². The summed E-state index contributed by atoms with van der Waals surface area (Å²) < 4.78 is 4.99. The van der Waals surface area contributed by atoms with Gasteiger partial charge < -0.3 is 14.9 Å². The van der Waals surface area contributed by atoms with Crippen LogP contribution in [0.15, 0.2) is 12.1 Å². The Morgan fingerprint density at radius 1 is 1.29 bits per heavy atom. The zero-order chi connectivity index (χ0) is 13.2. The van der Waals surface area contributed by atoms with E-state index < -0.39 is 11.4 Å². The van der Waals surface area contributed by atoms with Gasteiger partial charge in [-0.3, -0.25) is 4.79 Å². The van der Waals surface area contributed by atoms with Crippen LogP contribution in [-0.4, -0.2) is 16.2 Å². The molecule has 0 bridgehead atoms. The lowest BCUT2D eigenvalue weighted by Gasteiger charge is -2.22. The first-order valence-electron chi connectivity index (χ1n) is 5.53. The van der Waals surface area contributed by atoms with Gasteiger partial charge in [0.15, 0.2) is 11.5 Å². The van der Waals surface area contributed by atoms with Gasteiger partial charge in [0, 0.05) is 12.0 Å². The molecule has 0 atom stereocenters. The van der Waals surface area contributed by atoms with E-state index in [1.165, 1.54) is 12.1 Å². The molecule has 0 aromatic heterocycles. The summed E-state index contributed by atoms with van der Waals surface area (Å²) in [5.74, 6) is -0.531. The van der Waals surface area contributed by atoms with E-state index in [0.29, 0.717) is 5.56 Å². The summed E-state index contributed by atoms with van der Waals surface area (Å²) in [6.07, 6.45) is 0.227. The molecule has 0 heterocycles. The van der Waals surface area contributed by atoms with Gasteiger partial charge in [0.2, 0.25) is 0 Å². The van der Waals surface area contributed by atoms with Crippen molar-refractivity contribution >= 4 is 5.97 Å². The van der Waals surface area contributed by atoms with Gasteiger partial charge in [0.25, 0.3) is 0 Å². The van der Waals surface area contributed by atoms with Crippen LogP contribution in [0.4, 0.5) is 0 Å². The zero-order valence-corrected chi connectivity index (χ0v) is 10.6. The lowest BCUT2D eigenvalue weighted by atomic mass is 9.85. The van der Waals surface area contributed by atoms with Crippen LogP contribution in [0.25, 0.3) is 0 Å². The molecular weight excluding hydrogens is 220 g/mol. The molecule has 1 rings (SSSR count). The van der Waals surface area contributed by atoms with Crippen LogP contribution >= 0.6 is 0 Å². The van der Waals surface area contributed by atoms with E-state index in [0.717, 1.165) is 0 Å². The molecule has 0 aliphatic heterocycles. The Bertz CT molecular complexity index is 430. The molecular formula is C13H18O4. The fraction of sp³-hybridized carbons (Fsp3) is 0.462. The third-order valence-electron chi connectivity index (χ3n) is 2.38. The number of benzene rings is 1. The Hall–Kier alpha value is -1.71. The van der Waals surface area contributed by atoms with Crippen LogP contribution in [0.1, 0.15) is 39.7 Å². The lowest BCUT2D eigenvalue weighted by molar-refractivity contribution is -0.134. The normalized spacial score (nSPS) is 11.3. The number of phenols is 2. The molecule has 17 heavy (non-hydrogen) atoms. The fourth-order valence-electron chi connectivity index (χ4n) is 1.58. The fourth-order valence-corrected chi connectivity index (χ4v) is 1.58. The minimum absolute atomic E-state index is 0.00806. The standard InChI is InChI=1S/C13H18O4/c1-5-10(15)17-9-7-6-8(14)11(12(9)16)13(2,3)4/h6-7,14,16H,5H2,1-4H3. The Kier molecular flexibility index (Phi) is 3.66. The first-order chi connectivity index (χ1) is 7.77. The molecule has 4 heteroatoms. The minimum Gasteiger partial charge on any atom is -0.508 e. The summed E-state index contributed by atoms with van der Waals surface area (Å²) in [6.45, 7) is 7.23. The number of aromatic hydroxyl groups is 2. The molecule has 2 N–H and O–H groups in total. The predicted octanol–water partition coefficient (Wildman–Crippen LogP) is 2.71. The molecule has 0 saturated carbocycles. The second-order valence-corrected chi connectivity index (χ2v) is 4.88. The van der Waals surface area contributed by atoms with Gasteiger partial charge in [-0.15, -0.1) is 0 Å². The minimum atomic E-state index is -0.442. The molecule has 1 aromatic rings. The molecule has 0 amide bonds. The summed E-state index contributed by atoms with van der Waals surface area (Å²) in [5.41, 5.74) is -0.0677. The largest absolute Gasteiger partial charge is 0.508 e. The van der Waals surface area contributed by atoms with Crippen molar-refractivity contribution < 1.29 is 19.7 Å². The van der Waals surface area contributed by atoms with Gasteiger partial charge in [-0.25, -0.2) is 0 Å². The van der Waals surface area contributed by atoms with Crippen LogP contribution in [0.2, 0.25) is 0 Å². The summed E-state index contributed by atoms with van der Waals surface area (Å²) in [4.78, 5) is 11.2. The van der Waals surface area contributed by atoms with Gasteiger partial charge in [-0.1, -0.05) is 27.7 Å². The summed E-state index contributed by atoms with van der Waals surface area (Å²) in [5, 5.41) is 19.8. The highest BCUT2D eigenvalue weighted by Gasteiger charge is 2.25. The number of carbonyl (C=O) groups is 1. The average molecular weight is 238 g/mol. The molecule has 0 radical (unpaired) electrons. The highest BCUT2D eigenvalue weighted by Crippen LogP contribution is 2.43. The summed E-state index contributed by atoms with van der Waals surface area (Å²) in [6, 6.07) is 2.80. The molecule has 0 fully saturated rings. The van der Waals surface area contributed by atoms with Crippen molar-refractivity contribution in [2.24, 2.45) is 0 Å². The molecule has 0 aliphatic rings. The van der Waals surface area contributed by atoms with Crippen LogP contribution < -0.4 is 4.74 Å². The number of carbonyl (C=O) groups excluding carboxylic acids is 1. The Balaban J connectivity index is 3.24. The first kappa shape index (κ1) is 13.4. The molecule has 0 spiro atoms. The molecule has 0 saturated heterocycles. The van der Waals surface area contributed by atoms with Gasteiger partial charge in [0.05, 0.1) is 0 Å². The number of hydrogen-bond donors (Lipinski definition) is 2. The maximum absolute atomic E-state index is 11.2. The predicted molar refractivity (Wildman–Crippen MR) is 64.4 cm³/mol. The van der Waals surface area contributed by atoms with E-state index in [1.807, 2.05) is 20.8 Å². The Labute approximate surface area is 101 Å². The topological polar surface area (TPSA) is 66.8 Å². The number of ether oxygens (including phenoxy) is 1. The molecule has 4 nitrogen and oxygen atoms in total. The highest BCUT2D eigenvalue weighted by molar-refractivity contribution is 5.73. The molecule has 0 aliphatic carbocycles. The van der Waals surface area contributed by atoms with Gasteiger partial charge in [-0.05, 0) is 17.5 Å². The second kappa shape index (κ2) is 4.65. The Morgan fingerprint density at radius 3 is 2.35 bits per heavy atom. The van der Waals surface area contributed by atoms with Crippen molar-refractivity contribution in [1.82, 2.24) is 0 Å². The van der Waals surface area contributed by atoms with Crippen molar-refractivity contribution in [3.63, 3.8) is 0 Å². The SMILES string of the molecule is CCC(=O)Oc1ccc(O)c(C(C)(C)C)c1O. The molecule has 1 aromatic carbocycles. The van der Waals surface area contributed by atoms with E-state index in [1.54, 1.807) is 6.92 Å². The number of hydrogen-bond acceptors (Lipinski definition) is 4. The lowest BCUT2D eigenvalue weighted by Crippen LogP contribution is -2.13. The van der Waals surface area contributed by atoms with E-state index in [4.69, 9.17) is 4.74 Å². The van der Waals surface area contributed by atoms with Crippen molar-refractivity contribution in [2.75, 3.05) is 0 Å². The van der Waals surface area contributed by atoms with Gasteiger partial charge in [0.1, 0.15) is 5.75 Å². The first-order valence-corrected chi connectivity index (χ1v) is 5.53. The van der Waals surface area contributed by atoms with E-state index in [2.05, 4.69) is 0 Å². The average Bonchev–Trinajstić information content (AvgIpc) is 2.20. The third-order valence-corrected chi connectivity index (χ3v) is 2.38.